The second kappa shape index (κ2) is 5.82. The highest BCUT2D eigenvalue weighted by Crippen LogP contribution is 2.21. The maximum Gasteiger partial charge on any atom is 0.264 e. The lowest BCUT2D eigenvalue weighted by molar-refractivity contribution is 0.241. The molecule has 1 aromatic carbocycles. The van der Waals surface area contributed by atoms with Crippen LogP contribution in [-0.2, 0) is 13.0 Å². The molecule has 96 valence electrons. The highest BCUT2D eigenvalue weighted by molar-refractivity contribution is 6.30. The Morgan fingerprint density at radius 3 is 3.00 bits per heavy atom. The molecule has 0 unspecified atom stereocenters. The molecule has 0 radical (unpaired) electrons. The average Bonchev–Trinajstić information content (AvgIpc) is 2.79. The van der Waals surface area contributed by atoms with Crippen molar-refractivity contribution in [2.24, 2.45) is 0 Å². The summed E-state index contributed by atoms with van der Waals surface area (Å²) in [6, 6.07) is 4.23. The Morgan fingerprint density at radius 1 is 1.44 bits per heavy atom. The molecule has 0 aliphatic carbocycles. The van der Waals surface area contributed by atoms with Gasteiger partial charge in [-0.25, -0.2) is 4.39 Å². The number of hydrogen-bond donors (Lipinski definition) is 0. The van der Waals surface area contributed by atoms with Gasteiger partial charge in [0.25, 0.3) is 5.89 Å². The highest BCUT2D eigenvalue weighted by Gasteiger charge is 2.07. The average molecular weight is 271 g/mol. The van der Waals surface area contributed by atoms with Gasteiger partial charge in [-0.2, -0.15) is 4.98 Å². The standard InChI is InChI=1S/C12H12ClFN2O2/c1-2-3-11-15-12(18-16-11)7-17-8-4-5-9(13)10(14)6-8/h4-6H,2-3,7H2,1H3. The molecule has 4 nitrogen and oxygen atoms in total. The van der Waals surface area contributed by atoms with Crippen LogP contribution in [0.25, 0.3) is 0 Å². The molecule has 0 amide bonds. The van der Waals surface area contributed by atoms with Crippen molar-refractivity contribution < 1.29 is 13.7 Å². The van der Waals surface area contributed by atoms with E-state index in [1.807, 2.05) is 6.92 Å². The Balaban J connectivity index is 1.95. The van der Waals surface area contributed by atoms with Gasteiger partial charge in [0.05, 0.1) is 5.02 Å². The summed E-state index contributed by atoms with van der Waals surface area (Å²) in [4.78, 5) is 4.13. The zero-order valence-corrected chi connectivity index (χ0v) is 10.6. The Kier molecular flexibility index (Phi) is 4.15. The van der Waals surface area contributed by atoms with Gasteiger partial charge < -0.3 is 9.26 Å². The van der Waals surface area contributed by atoms with E-state index in [4.69, 9.17) is 20.9 Å². The van der Waals surface area contributed by atoms with Crippen molar-refractivity contribution in [3.8, 4) is 5.75 Å². The highest BCUT2D eigenvalue weighted by atomic mass is 35.5. The topological polar surface area (TPSA) is 48.2 Å². The molecule has 1 aromatic heterocycles. The summed E-state index contributed by atoms with van der Waals surface area (Å²) in [7, 11) is 0. The van der Waals surface area contributed by atoms with Crippen LogP contribution in [0.15, 0.2) is 22.7 Å². The van der Waals surface area contributed by atoms with Gasteiger partial charge in [-0.05, 0) is 18.6 Å². The van der Waals surface area contributed by atoms with Gasteiger partial charge in [-0.3, -0.25) is 0 Å². The van der Waals surface area contributed by atoms with Crippen LogP contribution in [0.2, 0.25) is 5.02 Å². The number of rotatable bonds is 5. The summed E-state index contributed by atoms with van der Waals surface area (Å²) in [6.45, 7) is 2.14. The second-order valence-corrected chi connectivity index (χ2v) is 4.13. The molecular formula is C12H12ClFN2O2. The SMILES string of the molecule is CCCc1noc(COc2ccc(Cl)c(F)c2)n1. The molecule has 0 saturated carbocycles. The molecule has 6 heteroatoms. The molecule has 1 heterocycles. The number of benzene rings is 1. The van der Waals surface area contributed by atoms with Crippen LogP contribution in [-0.4, -0.2) is 10.1 Å². The maximum absolute atomic E-state index is 13.1. The predicted octanol–water partition coefficient (Wildman–Crippen LogP) is 3.39. The van der Waals surface area contributed by atoms with E-state index < -0.39 is 5.82 Å². The predicted molar refractivity (Wildman–Crippen MR) is 64.0 cm³/mol. The van der Waals surface area contributed by atoms with Crippen LogP contribution in [0.4, 0.5) is 4.39 Å². The van der Waals surface area contributed by atoms with E-state index in [0.717, 1.165) is 12.8 Å². The number of hydrogen-bond acceptors (Lipinski definition) is 4. The lowest BCUT2D eigenvalue weighted by Crippen LogP contribution is -1.96. The Bertz CT molecular complexity index is 531. The Morgan fingerprint density at radius 2 is 2.28 bits per heavy atom. The van der Waals surface area contributed by atoms with Crippen molar-refractivity contribution >= 4 is 11.6 Å². The first-order valence-corrected chi connectivity index (χ1v) is 5.96. The van der Waals surface area contributed by atoms with E-state index in [1.54, 1.807) is 6.07 Å². The fourth-order valence-corrected chi connectivity index (χ4v) is 1.50. The first kappa shape index (κ1) is 12.8. The second-order valence-electron chi connectivity index (χ2n) is 3.72. The minimum absolute atomic E-state index is 0.0605. The molecule has 0 spiro atoms. The first-order chi connectivity index (χ1) is 8.69. The fraction of sp³-hybridized carbons (Fsp3) is 0.333. The summed E-state index contributed by atoms with van der Waals surface area (Å²) >= 11 is 5.56. The molecule has 0 bridgehead atoms. The smallest absolute Gasteiger partial charge is 0.264 e. The van der Waals surface area contributed by atoms with Crippen molar-refractivity contribution in [2.45, 2.75) is 26.4 Å². The van der Waals surface area contributed by atoms with Crippen molar-refractivity contribution in [3.63, 3.8) is 0 Å². The molecule has 0 saturated heterocycles. The molecule has 0 N–H and O–H groups in total. The monoisotopic (exact) mass is 270 g/mol. The van der Waals surface area contributed by atoms with E-state index >= 15 is 0 Å². The van der Waals surface area contributed by atoms with Gasteiger partial charge in [-0.15, -0.1) is 0 Å². The number of aryl methyl sites for hydroxylation is 1. The van der Waals surface area contributed by atoms with Crippen LogP contribution in [0.5, 0.6) is 5.75 Å². The largest absolute Gasteiger partial charge is 0.484 e. The minimum atomic E-state index is -0.522. The summed E-state index contributed by atoms with van der Waals surface area (Å²) in [6.07, 6.45) is 1.71. The van der Waals surface area contributed by atoms with Gasteiger partial charge in [-0.1, -0.05) is 23.7 Å². The number of aromatic nitrogens is 2. The minimum Gasteiger partial charge on any atom is -0.484 e. The third-order valence-electron chi connectivity index (χ3n) is 2.24. The lowest BCUT2D eigenvalue weighted by atomic mass is 10.3. The molecule has 0 aliphatic heterocycles. The van der Waals surface area contributed by atoms with Gasteiger partial charge in [0, 0.05) is 12.5 Å². The third kappa shape index (κ3) is 3.20. The summed E-state index contributed by atoms with van der Waals surface area (Å²) in [5, 5.41) is 3.85. The normalized spacial score (nSPS) is 10.6. The van der Waals surface area contributed by atoms with E-state index in [0.29, 0.717) is 17.5 Å². The maximum atomic E-state index is 13.1. The van der Waals surface area contributed by atoms with Gasteiger partial charge in [0.15, 0.2) is 12.4 Å². The summed E-state index contributed by atoms with van der Waals surface area (Å²) in [5.74, 6) is 0.866. The lowest BCUT2D eigenvalue weighted by Gasteiger charge is -2.03. The Labute approximate surface area is 109 Å². The quantitative estimate of drug-likeness (QED) is 0.835. The molecule has 2 rings (SSSR count). The van der Waals surface area contributed by atoms with Crippen LogP contribution in [0.3, 0.4) is 0 Å². The summed E-state index contributed by atoms with van der Waals surface area (Å²) < 4.78 is 23.5. The fourth-order valence-electron chi connectivity index (χ4n) is 1.39. The third-order valence-corrected chi connectivity index (χ3v) is 2.54. The molecule has 0 fully saturated rings. The Hall–Kier alpha value is -1.62. The molecular weight excluding hydrogens is 259 g/mol. The van der Waals surface area contributed by atoms with E-state index in [-0.39, 0.29) is 11.6 Å². The molecule has 2 aromatic rings. The van der Waals surface area contributed by atoms with Crippen LogP contribution >= 0.6 is 11.6 Å². The molecule has 18 heavy (non-hydrogen) atoms. The molecule has 0 aliphatic rings. The van der Waals surface area contributed by atoms with Gasteiger partial charge in [0.2, 0.25) is 0 Å². The first-order valence-electron chi connectivity index (χ1n) is 5.58. The summed E-state index contributed by atoms with van der Waals surface area (Å²) in [5.41, 5.74) is 0. The van der Waals surface area contributed by atoms with Crippen molar-refractivity contribution in [1.29, 1.82) is 0 Å². The van der Waals surface area contributed by atoms with Crippen LogP contribution in [0, 0.1) is 5.82 Å². The van der Waals surface area contributed by atoms with Crippen LogP contribution < -0.4 is 4.74 Å². The zero-order chi connectivity index (χ0) is 13.0. The zero-order valence-electron chi connectivity index (χ0n) is 9.82. The molecule has 0 atom stereocenters. The number of nitrogens with zero attached hydrogens (tertiary/aromatic N) is 2. The van der Waals surface area contributed by atoms with Crippen molar-refractivity contribution in [1.82, 2.24) is 10.1 Å². The van der Waals surface area contributed by atoms with E-state index in [1.165, 1.54) is 12.1 Å². The van der Waals surface area contributed by atoms with Gasteiger partial charge in [0.1, 0.15) is 11.6 Å². The number of halogens is 2. The van der Waals surface area contributed by atoms with E-state index in [9.17, 15) is 4.39 Å². The van der Waals surface area contributed by atoms with E-state index in [2.05, 4.69) is 10.1 Å². The number of ether oxygens (including phenoxy) is 1. The van der Waals surface area contributed by atoms with Crippen LogP contribution in [0.1, 0.15) is 25.1 Å². The van der Waals surface area contributed by atoms with Crippen molar-refractivity contribution in [2.75, 3.05) is 0 Å². The van der Waals surface area contributed by atoms with Crippen molar-refractivity contribution in [3.05, 3.63) is 40.8 Å². The van der Waals surface area contributed by atoms with Gasteiger partial charge >= 0.3 is 0 Å².